The Balaban J connectivity index is 2.00. The van der Waals surface area contributed by atoms with Gasteiger partial charge in [0, 0.05) is 7.05 Å². The van der Waals surface area contributed by atoms with Gasteiger partial charge in [0.05, 0.1) is 12.1 Å². The molecule has 0 radical (unpaired) electrons. The highest BCUT2D eigenvalue weighted by molar-refractivity contribution is 5.24. The van der Waals surface area contributed by atoms with Gasteiger partial charge in [-0.05, 0) is 23.3 Å². The number of tetrazole rings is 1. The highest BCUT2D eigenvalue weighted by atomic mass is 16.3. The van der Waals surface area contributed by atoms with E-state index < -0.39 is 0 Å². The summed E-state index contributed by atoms with van der Waals surface area (Å²) in [7, 11) is 1.78. The van der Waals surface area contributed by atoms with Crippen LogP contribution in [0, 0.1) is 0 Å². The standard InChI is InChI=1S/C9H17N5O/c1-14-9(11-12-13-14)10-7-5-3-2-4-6-8(7)15/h7-8,15H,2-6H2,1H3,(H,10,11,13). The first-order valence-corrected chi connectivity index (χ1v) is 5.44. The molecule has 0 amide bonds. The molecule has 2 unspecified atom stereocenters. The molecule has 2 N–H and O–H groups in total. The van der Waals surface area contributed by atoms with E-state index in [1.807, 2.05) is 0 Å². The smallest absolute Gasteiger partial charge is 0.242 e. The normalized spacial score (nSPS) is 27.3. The predicted octanol–water partition coefficient (Wildman–Crippen LogP) is 0.316. The monoisotopic (exact) mass is 211 g/mol. The van der Waals surface area contributed by atoms with Crippen molar-refractivity contribution in [3.05, 3.63) is 0 Å². The first-order valence-electron chi connectivity index (χ1n) is 5.44. The summed E-state index contributed by atoms with van der Waals surface area (Å²) in [4.78, 5) is 0. The fraction of sp³-hybridized carbons (Fsp3) is 0.889. The Kier molecular flexibility index (Phi) is 3.15. The number of aryl methyl sites for hydroxylation is 1. The Labute approximate surface area is 88.7 Å². The molecule has 0 aliphatic heterocycles. The molecule has 0 saturated heterocycles. The number of aliphatic hydroxyl groups is 1. The van der Waals surface area contributed by atoms with Gasteiger partial charge in [-0.3, -0.25) is 0 Å². The number of anilines is 1. The molecule has 1 aromatic heterocycles. The van der Waals surface area contributed by atoms with E-state index in [2.05, 4.69) is 20.8 Å². The van der Waals surface area contributed by atoms with E-state index in [1.165, 1.54) is 6.42 Å². The average Bonchev–Trinajstić information content (AvgIpc) is 2.50. The molecule has 1 fully saturated rings. The minimum atomic E-state index is -0.288. The summed E-state index contributed by atoms with van der Waals surface area (Å²) in [6, 6.07) is 0.0807. The first kappa shape index (κ1) is 10.4. The number of rotatable bonds is 2. The van der Waals surface area contributed by atoms with Crippen LogP contribution in [0.4, 0.5) is 5.95 Å². The molecule has 0 aromatic carbocycles. The molecule has 6 heteroatoms. The quantitative estimate of drug-likeness (QED) is 0.689. The van der Waals surface area contributed by atoms with E-state index in [9.17, 15) is 5.11 Å². The molecule has 1 aliphatic carbocycles. The maximum Gasteiger partial charge on any atom is 0.242 e. The number of nitrogens with one attached hydrogen (secondary N) is 1. The third-order valence-corrected chi connectivity index (χ3v) is 2.91. The summed E-state index contributed by atoms with van der Waals surface area (Å²) in [5.74, 6) is 0.626. The summed E-state index contributed by atoms with van der Waals surface area (Å²) in [6.45, 7) is 0. The van der Waals surface area contributed by atoms with Crippen molar-refractivity contribution < 1.29 is 5.11 Å². The van der Waals surface area contributed by atoms with Crippen molar-refractivity contribution >= 4 is 5.95 Å². The van der Waals surface area contributed by atoms with Crippen LogP contribution >= 0.6 is 0 Å². The molecular weight excluding hydrogens is 194 g/mol. The van der Waals surface area contributed by atoms with Gasteiger partial charge in [0.1, 0.15) is 0 Å². The minimum absolute atomic E-state index is 0.0807. The number of hydrogen-bond acceptors (Lipinski definition) is 5. The summed E-state index contributed by atoms with van der Waals surface area (Å²) >= 11 is 0. The largest absolute Gasteiger partial charge is 0.391 e. The van der Waals surface area contributed by atoms with E-state index in [0.717, 1.165) is 25.7 Å². The third kappa shape index (κ3) is 2.44. The van der Waals surface area contributed by atoms with E-state index in [0.29, 0.717) is 5.95 Å². The fourth-order valence-electron chi connectivity index (χ4n) is 1.97. The van der Waals surface area contributed by atoms with Gasteiger partial charge in [-0.15, -0.1) is 0 Å². The number of aromatic nitrogens is 4. The molecule has 0 spiro atoms. The maximum absolute atomic E-state index is 9.90. The zero-order valence-electron chi connectivity index (χ0n) is 8.93. The molecule has 2 rings (SSSR count). The lowest BCUT2D eigenvalue weighted by Gasteiger charge is -2.21. The van der Waals surface area contributed by atoms with Crippen LogP contribution < -0.4 is 5.32 Å². The molecule has 6 nitrogen and oxygen atoms in total. The van der Waals surface area contributed by atoms with Crippen LogP contribution in [-0.2, 0) is 7.05 Å². The lowest BCUT2D eigenvalue weighted by Crippen LogP contribution is -2.33. The van der Waals surface area contributed by atoms with Crippen LogP contribution in [0.1, 0.15) is 32.1 Å². The topological polar surface area (TPSA) is 75.9 Å². The van der Waals surface area contributed by atoms with Gasteiger partial charge in [-0.25, -0.2) is 4.68 Å². The molecule has 1 saturated carbocycles. The summed E-state index contributed by atoms with van der Waals surface area (Å²) < 4.78 is 1.58. The molecule has 1 aliphatic rings. The van der Waals surface area contributed by atoms with Crippen molar-refractivity contribution in [2.45, 2.75) is 44.2 Å². The van der Waals surface area contributed by atoms with Gasteiger partial charge in [0.15, 0.2) is 0 Å². The first-order chi connectivity index (χ1) is 7.27. The predicted molar refractivity (Wildman–Crippen MR) is 55.3 cm³/mol. The van der Waals surface area contributed by atoms with E-state index in [-0.39, 0.29) is 12.1 Å². The number of aliphatic hydroxyl groups excluding tert-OH is 1. The second kappa shape index (κ2) is 4.57. The zero-order valence-corrected chi connectivity index (χ0v) is 8.93. The van der Waals surface area contributed by atoms with Gasteiger partial charge in [-0.1, -0.05) is 24.4 Å². The van der Waals surface area contributed by atoms with Gasteiger partial charge < -0.3 is 10.4 Å². The van der Waals surface area contributed by atoms with Crippen molar-refractivity contribution in [2.75, 3.05) is 5.32 Å². The van der Waals surface area contributed by atoms with Crippen LogP contribution in [0.5, 0.6) is 0 Å². The van der Waals surface area contributed by atoms with Crippen LogP contribution in [-0.4, -0.2) is 37.5 Å². The molecule has 0 bridgehead atoms. The highest BCUT2D eigenvalue weighted by Crippen LogP contribution is 2.20. The SMILES string of the molecule is Cn1nnnc1NC1CCCCCC1O. The van der Waals surface area contributed by atoms with Crippen LogP contribution in [0.25, 0.3) is 0 Å². The van der Waals surface area contributed by atoms with Crippen LogP contribution in [0.3, 0.4) is 0 Å². The van der Waals surface area contributed by atoms with Gasteiger partial charge >= 0.3 is 0 Å². The zero-order chi connectivity index (χ0) is 10.7. The van der Waals surface area contributed by atoms with Crippen molar-refractivity contribution in [1.82, 2.24) is 20.2 Å². The summed E-state index contributed by atoms with van der Waals surface area (Å²) in [5, 5.41) is 24.2. The van der Waals surface area contributed by atoms with Crippen LogP contribution in [0.15, 0.2) is 0 Å². The van der Waals surface area contributed by atoms with Crippen molar-refractivity contribution in [3.63, 3.8) is 0 Å². The molecule has 84 valence electrons. The molecule has 1 heterocycles. The average molecular weight is 211 g/mol. The van der Waals surface area contributed by atoms with E-state index in [1.54, 1.807) is 11.7 Å². The van der Waals surface area contributed by atoms with Gasteiger partial charge in [-0.2, -0.15) is 0 Å². The summed E-state index contributed by atoms with van der Waals surface area (Å²) in [5.41, 5.74) is 0. The van der Waals surface area contributed by atoms with Crippen molar-refractivity contribution in [3.8, 4) is 0 Å². The Morgan fingerprint density at radius 3 is 2.87 bits per heavy atom. The third-order valence-electron chi connectivity index (χ3n) is 2.91. The van der Waals surface area contributed by atoms with Gasteiger partial charge in [0.25, 0.3) is 0 Å². The lowest BCUT2D eigenvalue weighted by molar-refractivity contribution is 0.144. The second-order valence-corrected chi connectivity index (χ2v) is 4.08. The van der Waals surface area contributed by atoms with Gasteiger partial charge in [0.2, 0.25) is 5.95 Å². The van der Waals surface area contributed by atoms with Crippen molar-refractivity contribution in [1.29, 1.82) is 0 Å². The number of hydrogen-bond donors (Lipinski definition) is 2. The number of nitrogens with zero attached hydrogens (tertiary/aromatic N) is 4. The van der Waals surface area contributed by atoms with E-state index in [4.69, 9.17) is 0 Å². The van der Waals surface area contributed by atoms with Crippen molar-refractivity contribution in [2.24, 2.45) is 7.05 Å². The Bertz CT molecular complexity index is 313. The Morgan fingerprint density at radius 2 is 2.13 bits per heavy atom. The molecule has 1 aromatic rings. The molecule has 15 heavy (non-hydrogen) atoms. The summed E-state index contributed by atoms with van der Waals surface area (Å²) in [6.07, 6.45) is 5.02. The fourth-order valence-corrected chi connectivity index (χ4v) is 1.97. The molecule has 2 atom stereocenters. The maximum atomic E-state index is 9.90. The highest BCUT2D eigenvalue weighted by Gasteiger charge is 2.22. The second-order valence-electron chi connectivity index (χ2n) is 4.08. The Hall–Kier alpha value is -1.17. The van der Waals surface area contributed by atoms with Crippen LogP contribution in [0.2, 0.25) is 0 Å². The minimum Gasteiger partial charge on any atom is -0.391 e. The molecular formula is C9H17N5O. The Morgan fingerprint density at radius 1 is 1.33 bits per heavy atom. The lowest BCUT2D eigenvalue weighted by atomic mass is 10.1. The van der Waals surface area contributed by atoms with E-state index >= 15 is 0 Å².